The molecule has 2 aromatic rings. The maximum atomic E-state index is 13.7. The van der Waals surface area contributed by atoms with Gasteiger partial charge in [-0.05, 0) is 24.6 Å². The molecule has 100 valence electrons. The van der Waals surface area contributed by atoms with Gasteiger partial charge in [-0.15, -0.1) is 0 Å². The van der Waals surface area contributed by atoms with Crippen LogP contribution in [0.1, 0.15) is 5.56 Å². The molecule has 0 bridgehead atoms. The molecule has 0 spiro atoms. The Morgan fingerprint density at radius 1 is 1.21 bits per heavy atom. The van der Waals surface area contributed by atoms with Crippen molar-refractivity contribution in [1.82, 2.24) is 4.98 Å². The van der Waals surface area contributed by atoms with E-state index in [1.807, 2.05) is 0 Å². The topological polar surface area (TPSA) is 63.0 Å². The van der Waals surface area contributed by atoms with Crippen molar-refractivity contribution < 1.29 is 4.39 Å². The SMILES string of the molecule is Cc1cccc(F)c1Nc1nc(NN)c(Cl)cc1Cl. The number of pyridine rings is 1. The smallest absolute Gasteiger partial charge is 0.161 e. The van der Waals surface area contributed by atoms with Crippen LogP contribution in [0.25, 0.3) is 0 Å². The van der Waals surface area contributed by atoms with E-state index in [-0.39, 0.29) is 21.7 Å². The van der Waals surface area contributed by atoms with Crippen molar-refractivity contribution >= 4 is 40.5 Å². The average molecular weight is 301 g/mol. The van der Waals surface area contributed by atoms with Crippen molar-refractivity contribution in [3.05, 3.63) is 45.7 Å². The molecular formula is C12H11Cl2FN4. The molecule has 1 aromatic heterocycles. The summed E-state index contributed by atoms with van der Waals surface area (Å²) in [7, 11) is 0. The van der Waals surface area contributed by atoms with Gasteiger partial charge in [0.1, 0.15) is 5.82 Å². The number of para-hydroxylation sites is 1. The zero-order chi connectivity index (χ0) is 14.0. The van der Waals surface area contributed by atoms with Crippen LogP contribution in [0.15, 0.2) is 24.3 Å². The van der Waals surface area contributed by atoms with Crippen molar-refractivity contribution in [3.8, 4) is 0 Å². The molecule has 4 nitrogen and oxygen atoms in total. The third-order valence-electron chi connectivity index (χ3n) is 2.53. The number of halogens is 3. The average Bonchev–Trinajstić information content (AvgIpc) is 2.36. The maximum absolute atomic E-state index is 13.7. The Morgan fingerprint density at radius 2 is 1.89 bits per heavy atom. The van der Waals surface area contributed by atoms with E-state index in [9.17, 15) is 4.39 Å². The molecule has 0 amide bonds. The van der Waals surface area contributed by atoms with E-state index >= 15 is 0 Å². The monoisotopic (exact) mass is 300 g/mol. The number of hydrazine groups is 1. The van der Waals surface area contributed by atoms with Crippen molar-refractivity contribution in [2.45, 2.75) is 6.92 Å². The molecular weight excluding hydrogens is 290 g/mol. The minimum atomic E-state index is -0.393. The summed E-state index contributed by atoms with van der Waals surface area (Å²) in [6, 6.07) is 6.22. The second-order valence-corrected chi connectivity index (χ2v) is 4.66. The van der Waals surface area contributed by atoms with E-state index in [4.69, 9.17) is 29.0 Å². The Labute approximate surface area is 119 Å². The van der Waals surface area contributed by atoms with Crippen LogP contribution < -0.4 is 16.6 Å². The highest BCUT2D eigenvalue weighted by atomic mass is 35.5. The number of hydrogen-bond donors (Lipinski definition) is 3. The van der Waals surface area contributed by atoms with Gasteiger partial charge in [-0.2, -0.15) is 0 Å². The van der Waals surface area contributed by atoms with Gasteiger partial charge in [-0.3, -0.25) is 0 Å². The fourth-order valence-electron chi connectivity index (χ4n) is 1.56. The molecule has 4 N–H and O–H groups in total. The van der Waals surface area contributed by atoms with E-state index in [1.165, 1.54) is 12.1 Å². The molecule has 0 aliphatic carbocycles. The first-order valence-corrected chi connectivity index (χ1v) is 6.13. The van der Waals surface area contributed by atoms with Crippen LogP contribution in [-0.4, -0.2) is 4.98 Å². The number of nitrogens with one attached hydrogen (secondary N) is 2. The van der Waals surface area contributed by atoms with Crippen molar-refractivity contribution in [2.24, 2.45) is 5.84 Å². The predicted molar refractivity (Wildman–Crippen MR) is 76.5 cm³/mol. The fraction of sp³-hybridized carbons (Fsp3) is 0.0833. The third-order valence-corrected chi connectivity index (χ3v) is 3.11. The summed E-state index contributed by atoms with van der Waals surface area (Å²) in [5.41, 5.74) is 3.38. The lowest BCUT2D eigenvalue weighted by Crippen LogP contribution is -2.10. The molecule has 0 aliphatic rings. The Hall–Kier alpha value is -1.56. The van der Waals surface area contributed by atoms with Gasteiger partial charge in [0.15, 0.2) is 11.6 Å². The molecule has 0 saturated carbocycles. The van der Waals surface area contributed by atoms with Crippen LogP contribution in [0, 0.1) is 12.7 Å². The number of benzene rings is 1. The molecule has 0 radical (unpaired) electrons. The van der Waals surface area contributed by atoms with Crippen LogP contribution in [0.2, 0.25) is 10.0 Å². The first kappa shape index (κ1) is 13.9. The Morgan fingerprint density at radius 3 is 2.53 bits per heavy atom. The summed E-state index contributed by atoms with van der Waals surface area (Å²) in [4.78, 5) is 4.09. The quantitative estimate of drug-likeness (QED) is 0.595. The molecule has 0 unspecified atom stereocenters. The van der Waals surface area contributed by atoms with Crippen LogP contribution in [-0.2, 0) is 0 Å². The van der Waals surface area contributed by atoms with Gasteiger partial charge in [0.2, 0.25) is 0 Å². The van der Waals surface area contributed by atoms with E-state index in [2.05, 4.69) is 15.7 Å². The predicted octanol–water partition coefficient (Wildman–Crippen LogP) is 3.87. The summed E-state index contributed by atoms with van der Waals surface area (Å²) in [5, 5.41) is 3.39. The number of hydrogen-bond acceptors (Lipinski definition) is 4. The zero-order valence-electron chi connectivity index (χ0n) is 9.97. The second kappa shape index (κ2) is 5.61. The van der Waals surface area contributed by atoms with Gasteiger partial charge >= 0.3 is 0 Å². The second-order valence-electron chi connectivity index (χ2n) is 3.85. The summed E-state index contributed by atoms with van der Waals surface area (Å²) >= 11 is 11.9. The van der Waals surface area contributed by atoms with Crippen LogP contribution in [0.3, 0.4) is 0 Å². The summed E-state index contributed by atoms with van der Waals surface area (Å²) in [5.74, 6) is 5.41. The first-order chi connectivity index (χ1) is 9.02. The first-order valence-electron chi connectivity index (χ1n) is 5.37. The van der Waals surface area contributed by atoms with Crippen LogP contribution in [0.5, 0.6) is 0 Å². The minimum absolute atomic E-state index is 0.252. The van der Waals surface area contributed by atoms with E-state index in [0.717, 1.165) is 5.56 Å². The minimum Gasteiger partial charge on any atom is -0.336 e. The summed E-state index contributed by atoms with van der Waals surface area (Å²) in [6.07, 6.45) is 0. The number of nitrogens with two attached hydrogens (primary N) is 1. The highest BCUT2D eigenvalue weighted by molar-refractivity contribution is 6.37. The van der Waals surface area contributed by atoms with Gasteiger partial charge in [0.05, 0.1) is 15.7 Å². The largest absolute Gasteiger partial charge is 0.336 e. The van der Waals surface area contributed by atoms with Gasteiger partial charge in [-0.25, -0.2) is 15.2 Å². The normalized spacial score (nSPS) is 10.4. The Bertz CT molecular complexity index is 599. The Balaban J connectivity index is 2.44. The highest BCUT2D eigenvalue weighted by Gasteiger charge is 2.12. The molecule has 1 heterocycles. The summed E-state index contributed by atoms with van der Waals surface area (Å²) in [6.45, 7) is 1.78. The standard InChI is InChI=1S/C12H11Cl2FN4/c1-6-3-2-4-9(15)10(6)17-11-7(13)5-8(14)12(18-11)19-16/h2-5H,16H2,1H3,(H2,17,18,19). The lowest BCUT2D eigenvalue weighted by Gasteiger charge is -2.13. The molecule has 19 heavy (non-hydrogen) atoms. The Kier molecular flexibility index (Phi) is 4.09. The van der Waals surface area contributed by atoms with Crippen molar-refractivity contribution in [3.63, 3.8) is 0 Å². The third kappa shape index (κ3) is 2.89. The van der Waals surface area contributed by atoms with Crippen molar-refractivity contribution in [2.75, 3.05) is 10.7 Å². The van der Waals surface area contributed by atoms with E-state index in [1.54, 1.807) is 19.1 Å². The number of nitrogen functional groups attached to an aromatic ring is 1. The zero-order valence-corrected chi connectivity index (χ0v) is 11.5. The molecule has 2 rings (SSSR count). The van der Waals surface area contributed by atoms with Crippen LogP contribution in [0.4, 0.5) is 21.7 Å². The molecule has 0 atom stereocenters. The number of anilines is 3. The lowest BCUT2D eigenvalue weighted by atomic mass is 10.2. The molecule has 1 aromatic carbocycles. The van der Waals surface area contributed by atoms with E-state index in [0.29, 0.717) is 5.69 Å². The summed E-state index contributed by atoms with van der Waals surface area (Å²) < 4.78 is 13.7. The number of rotatable bonds is 3. The highest BCUT2D eigenvalue weighted by Crippen LogP contribution is 2.32. The molecule has 0 saturated heterocycles. The van der Waals surface area contributed by atoms with Gasteiger partial charge in [-0.1, -0.05) is 35.3 Å². The molecule has 0 aliphatic heterocycles. The van der Waals surface area contributed by atoms with Crippen molar-refractivity contribution in [1.29, 1.82) is 0 Å². The van der Waals surface area contributed by atoms with Gasteiger partial charge < -0.3 is 10.7 Å². The fourth-order valence-corrected chi connectivity index (χ4v) is 2.02. The van der Waals surface area contributed by atoms with Crippen LogP contribution >= 0.6 is 23.2 Å². The molecule has 0 fully saturated rings. The molecule has 7 heteroatoms. The lowest BCUT2D eigenvalue weighted by molar-refractivity contribution is 0.631. The number of nitrogens with zero attached hydrogens (tertiary/aromatic N) is 1. The number of aryl methyl sites for hydroxylation is 1. The number of aromatic nitrogens is 1. The van der Waals surface area contributed by atoms with Gasteiger partial charge in [0.25, 0.3) is 0 Å². The maximum Gasteiger partial charge on any atom is 0.161 e. The van der Waals surface area contributed by atoms with Gasteiger partial charge in [0, 0.05) is 0 Å². The van der Waals surface area contributed by atoms with E-state index < -0.39 is 5.82 Å².